The number of hydrogen-bond acceptors (Lipinski definition) is 3. The minimum Gasteiger partial charge on any atom is -0.496 e. The van der Waals surface area contributed by atoms with Crippen molar-refractivity contribution in [3.63, 3.8) is 0 Å². The monoisotopic (exact) mass is 344 g/mol. The van der Waals surface area contributed by atoms with E-state index < -0.39 is 0 Å². The van der Waals surface area contributed by atoms with Crippen molar-refractivity contribution in [2.45, 2.75) is 32.6 Å². The van der Waals surface area contributed by atoms with Crippen LogP contribution in [-0.4, -0.2) is 54.9 Å². The minimum absolute atomic E-state index is 0.00449. The van der Waals surface area contributed by atoms with Crippen LogP contribution in [0.1, 0.15) is 43.0 Å². The first-order valence-corrected chi connectivity index (χ1v) is 9.31. The van der Waals surface area contributed by atoms with Crippen molar-refractivity contribution in [3.8, 4) is 5.75 Å². The summed E-state index contributed by atoms with van der Waals surface area (Å²) in [7, 11) is 1.58. The van der Waals surface area contributed by atoms with E-state index in [-0.39, 0.29) is 17.7 Å². The number of likely N-dealkylation sites (tertiary alicyclic amines) is 2. The Labute approximate surface area is 149 Å². The number of hydrogen-bond donors (Lipinski definition) is 0. The molecule has 2 fully saturated rings. The summed E-state index contributed by atoms with van der Waals surface area (Å²) in [5.41, 5.74) is 0.597. The molecule has 2 amide bonds. The first kappa shape index (κ1) is 17.8. The Kier molecular flexibility index (Phi) is 5.61. The molecule has 25 heavy (non-hydrogen) atoms. The van der Waals surface area contributed by atoms with Gasteiger partial charge in [0.1, 0.15) is 5.75 Å². The zero-order valence-electron chi connectivity index (χ0n) is 15.2. The number of methoxy groups -OCH3 is 1. The molecule has 0 atom stereocenters. The topological polar surface area (TPSA) is 49.9 Å². The molecule has 2 heterocycles. The summed E-state index contributed by atoms with van der Waals surface area (Å²) in [5, 5.41) is 0. The van der Waals surface area contributed by atoms with Gasteiger partial charge in [0.2, 0.25) is 5.91 Å². The van der Waals surface area contributed by atoms with Crippen LogP contribution >= 0.6 is 0 Å². The van der Waals surface area contributed by atoms with Gasteiger partial charge in [-0.05, 0) is 43.7 Å². The van der Waals surface area contributed by atoms with E-state index in [1.165, 1.54) is 0 Å². The summed E-state index contributed by atoms with van der Waals surface area (Å²) < 4.78 is 5.30. The van der Waals surface area contributed by atoms with Crippen molar-refractivity contribution in [3.05, 3.63) is 29.8 Å². The van der Waals surface area contributed by atoms with Gasteiger partial charge < -0.3 is 14.5 Å². The maximum absolute atomic E-state index is 12.7. The van der Waals surface area contributed by atoms with Crippen LogP contribution in [0.5, 0.6) is 5.75 Å². The van der Waals surface area contributed by atoms with Gasteiger partial charge in [-0.3, -0.25) is 9.59 Å². The van der Waals surface area contributed by atoms with E-state index in [9.17, 15) is 9.59 Å². The Morgan fingerprint density at radius 1 is 0.960 bits per heavy atom. The molecule has 0 spiro atoms. The zero-order valence-corrected chi connectivity index (χ0v) is 15.2. The van der Waals surface area contributed by atoms with Crippen molar-refractivity contribution in [1.29, 1.82) is 0 Å². The fourth-order valence-electron chi connectivity index (χ4n) is 3.81. The molecule has 0 radical (unpaired) electrons. The maximum atomic E-state index is 12.7. The first-order valence-electron chi connectivity index (χ1n) is 9.31. The molecule has 2 saturated heterocycles. The Morgan fingerprint density at radius 3 is 2.20 bits per heavy atom. The quantitative estimate of drug-likeness (QED) is 0.847. The average Bonchev–Trinajstić information content (AvgIpc) is 2.67. The number of carbonyl (C=O) groups excluding carboxylic acids is 2. The van der Waals surface area contributed by atoms with E-state index >= 15 is 0 Å². The van der Waals surface area contributed by atoms with Crippen LogP contribution in [0.3, 0.4) is 0 Å². The predicted molar refractivity (Wildman–Crippen MR) is 96.6 cm³/mol. The van der Waals surface area contributed by atoms with Crippen LogP contribution in [0.4, 0.5) is 0 Å². The largest absolute Gasteiger partial charge is 0.496 e. The Balaban J connectivity index is 1.56. The number of nitrogens with zero attached hydrogens (tertiary/aromatic N) is 2. The van der Waals surface area contributed by atoms with Gasteiger partial charge in [0.15, 0.2) is 0 Å². The molecule has 0 unspecified atom stereocenters. The minimum atomic E-state index is -0.00449. The van der Waals surface area contributed by atoms with Gasteiger partial charge in [-0.1, -0.05) is 19.1 Å². The molecule has 5 nitrogen and oxygen atoms in total. The Morgan fingerprint density at radius 2 is 1.56 bits per heavy atom. The second kappa shape index (κ2) is 7.89. The van der Waals surface area contributed by atoms with Crippen molar-refractivity contribution < 1.29 is 14.3 Å². The van der Waals surface area contributed by atoms with Crippen LogP contribution in [0.15, 0.2) is 24.3 Å². The molecule has 0 aromatic heterocycles. The molecule has 0 N–H and O–H groups in total. The van der Waals surface area contributed by atoms with Gasteiger partial charge in [-0.15, -0.1) is 0 Å². The second-order valence-electron chi connectivity index (χ2n) is 7.27. The van der Waals surface area contributed by atoms with Crippen molar-refractivity contribution in [1.82, 2.24) is 9.80 Å². The van der Waals surface area contributed by atoms with Crippen LogP contribution in [0.2, 0.25) is 0 Å². The molecule has 2 aliphatic rings. The van der Waals surface area contributed by atoms with Crippen molar-refractivity contribution >= 4 is 11.8 Å². The molecule has 0 bridgehead atoms. The Bertz CT molecular complexity index is 615. The highest BCUT2D eigenvalue weighted by atomic mass is 16.5. The first-order chi connectivity index (χ1) is 12.1. The van der Waals surface area contributed by atoms with E-state index in [0.717, 1.165) is 44.7 Å². The lowest BCUT2D eigenvalue weighted by atomic mass is 9.92. The number of ether oxygens (including phenoxy) is 1. The van der Waals surface area contributed by atoms with Crippen LogP contribution in [-0.2, 0) is 4.79 Å². The van der Waals surface area contributed by atoms with E-state index in [1.54, 1.807) is 19.2 Å². The second-order valence-corrected chi connectivity index (χ2v) is 7.27. The smallest absolute Gasteiger partial charge is 0.257 e. The summed E-state index contributed by atoms with van der Waals surface area (Å²) in [6.07, 6.45) is 3.73. The van der Waals surface area contributed by atoms with E-state index in [0.29, 0.717) is 24.4 Å². The van der Waals surface area contributed by atoms with Gasteiger partial charge in [-0.25, -0.2) is 0 Å². The highest BCUT2D eigenvalue weighted by Gasteiger charge is 2.32. The molecule has 2 aliphatic heterocycles. The summed E-state index contributed by atoms with van der Waals surface area (Å²) in [4.78, 5) is 29.3. The van der Waals surface area contributed by atoms with Crippen molar-refractivity contribution in [2.24, 2.45) is 11.8 Å². The molecule has 3 rings (SSSR count). The van der Waals surface area contributed by atoms with Crippen LogP contribution in [0, 0.1) is 11.8 Å². The molecule has 136 valence electrons. The summed E-state index contributed by atoms with van der Waals surface area (Å²) >= 11 is 0. The average molecular weight is 344 g/mol. The highest BCUT2D eigenvalue weighted by molar-refractivity contribution is 5.97. The molecular formula is C20H28N2O3. The van der Waals surface area contributed by atoms with Crippen LogP contribution in [0.25, 0.3) is 0 Å². The van der Waals surface area contributed by atoms with Crippen molar-refractivity contribution in [2.75, 3.05) is 33.3 Å². The highest BCUT2D eigenvalue weighted by Crippen LogP contribution is 2.26. The number of para-hydroxylation sites is 1. The number of benzene rings is 1. The fourth-order valence-corrected chi connectivity index (χ4v) is 3.81. The third kappa shape index (κ3) is 3.97. The number of amides is 2. The van der Waals surface area contributed by atoms with E-state index in [1.807, 2.05) is 21.9 Å². The number of piperidine rings is 2. The molecule has 1 aromatic carbocycles. The Hall–Kier alpha value is -2.04. The lowest BCUT2D eigenvalue weighted by Gasteiger charge is -2.36. The standard InChI is InChI=1S/C20H28N2O3/c1-15-7-11-21(12-8-15)19(23)16-9-13-22(14-10-16)20(24)17-5-3-4-6-18(17)25-2/h3-6,15-16H,7-14H2,1-2H3. The maximum Gasteiger partial charge on any atom is 0.257 e. The van der Waals surface area contributed by atoms with Gasteiger partial charge in [0.05, 0.1) is 12.7 Å². The zero-order chi connectivity index (χ0) is 17.8. The predicted octanol–water partition coefficient (Wildman–Crippen LogP) is 2.81. The van der Waals surface area contributed by atoms with E-state index in [4.69, 9.17) is 4.74 Å². The normalized spacial score (nSPS) is 19.8. The summed E-state index contributed by atoms with van der Waals surface area (Å²) in [6.45, 7) is 5.31. The van der Waals surface area contributed by atoms with E-state index in [2.05, 4.69) is 6.92 Å². The van der Waals surface area contributed by atoms with Gasteiger partial charge in [-0.2, -0.15) is 0 Å². The molecule has 0 saturated carbocycles. The van der Waals surface area contributed by atoms with Gasteiger partial charge in [0, 0.05) is 32.1 Å². The van der Waals surface area contributed by atoms with Gasteiger partial charge >= 0.3 is 0 Å². The van der Waals surface area contributed by atoms with Gasteiger partial charge in [0.25, 0.3) is 5.91 Å². The summed E-state index contributed by atoms with van der Waals surface area (Å²) in [6, 6.07) is 7.32. The molecule has 0 aliphatic carbocycles. The third-order valence-corrected chi connectivity index (χ3v) is 5.56. The fraction of sp³-hybridized carbons (Fsp3) is 0.600. The summed E-state index contributed by atoms with van der Waals surface area (Å²) in [5.74, 6) is 1.68. The third-order valence-electron chi connectivity index (χ3n) is 5.56. The van der Waals surface area contributed by atoms with Crippen LogP contribution < -0.4 is 4.74 Å². The lowest BCUT2D eigenvalue weighted by Crippen LogP contribution is -2.46. The SMILES string of the molecule is COc1ccccc1C(=O)N1CCC(C(=O)N2CCC(C)CC2)CC1. The molecule has 1 aromatic rings. The number of rotatable bonds is 3. The molecule has 5 heteroatoms. The lowest BCUT2D eigenvalue weighted by molar-refractivity contribution is -0.138. The number of carbonyl (C=O) groups is 2. The molecular weight excluding hydrogens is 316 g/mol.